The molecule has 1 N–H and O–H groups in total. The van der Waals surface area contributed by atoms with Crippen molar-refractivity contribution in [3.63, 3.8) is 0 Å². The van der Waals surface area contributed by atoms with Crippen LogP contribution in [0.5, 0.6) is 0 Å². The molecule has 0 fully saturated rings. The van der Waals surface area contributed by atoms with E-state index in [9.17, 15) is 8.42 Å². The molecule has 4 nitrogen and oxygen atoms in total. The Kier molecular flexibility index (Phi) is 4.58. The highest BCUT2D eigenvalue weighted by atomic mass is 32.2. The molecule has 0 heterocycles. The third kappa shape index (κ3) is 4.12. The second-order valence-electron chi connectivity index (χ2n) is 2.07. The van der Waals surface area contributed by atoms with Crippen molar-refractivity contribution < 1.29 is 8.42 Å². The first kappa shape index (κ1) is 11.2. The number of sulfonamides is 1. The van der Waals surface area contributed by atoms with Gasteiger partial charge in [-0.25, -0.2) is 8.42 Å². The molecule has 70 valence electrons. The summed E-state index contributed by atoms with van der Waals surface area (Å²) in [6.45, 7) is 7.36. The van der Waals surface area contributed by atoms with E-state index >= 15 is 0 Å². The molecule has 0 aromatic carbocycles. The van der Waals surface area contributed by atoms with E-state index in [0.717, 1.165) is 0 Å². The number of aliphatic imine (C=N–C) groups is 1. The fourth-order valence-corrected chi connectivity index (χ4v) is 1.15. The first-order valence-corrected chi connectivity index (χ1v) is 5.38. The van der Waals surface area contributed by atoms with E-state index in [2.05, 4.69) is 16.3 Å². The minimum atomic E-state index is -3.21. The Labute approximate surface area is 73.4 Å². The number of rotatable bonds is 4. The van der Waals surface area contributed by atoms with E-state index in [1.165, 1.54) is 6.08 Å². The summed E-state index contributed by atoms with van der Waals surface area (Å²) in [5, 5.41) is 0. The van der Waals surface area contributed by atoms with Gasteiger partial charge in [0.2, 0.25) is 10.0 Å². The zero-order chi connectivity index (χ0) is 9.61. The molecule has 12 heavy (non-hydrogen) atoms. The van der Waals surface area contributed by atoms with Crippen molar-refractivity contribution in [2.75, 3.05) is 12.3 Å². The highest BCUT2D eigenvalue weighted by Gasteiger charge is 2.06. The molecule has 0 aliphatic heterocycles. The Morgan fingerprint density at radius 1 is 1.58 bits per heavy atom. The number of hydrogen-bond acceptors (Lipinski definition) is 3. The van der Waals surface area contributed by atoms with Gasteiger partial charge in [0.1, 0.15) is 5.84 Å². The van der Waals surface area contributed by atoms with Gasteiger partial charge in [-0.15, -0.1) is 0 Å². The van der Waals surface area contributed by atoms with E-state index in [1.807, 2.05) is 6.92 Å². The third-order valence-electron chi connectivity index (χ3n) is 1.16. The van der Waals surface area contributed by atoms with Crippen LogP contribution < -0.4 is 4.72 Å². The Morgan fingerprint density at radius 3 is 2.50 bits per heavy atom. The SMILES string of the molecule is C=CC(=NCC)NS(=O)(=O)CC. The molecule has 0 unspecified atom stereocenters. The van der Waals surface area contributed by atoms with E-state index in [0.29, 0.717) is 12.4 Å². The van der Waals surface area contributed by atoms with Gasteiger partial charge in [0.15, 0.2) is 0 Å². The van der Waals surface area contributed by atoms with Gasteiger partial charge >= 0.3 is 0 Å². The predicted octanol–water partition coefficient (Wildman–Crippen LogP) is 0.530. The maximum Gasteiger partial charge on any atom is 0.233 e. The number of nitrogens with zero attached hydrogens (tertiary/aromatic N) is 1. The second kappa shape index (κ2) is 4.92. The molecular weight excluding hydrogens is 176 g/mol. The van der Waals surface area contributed by atoms with E-state index in [4.69, 9.17) is 0 Å². The van der Waals surface area contributed by atoms with Gasteiger partial charge in [0.05, 0.1) is 5.75 Å². The largest absolute Gasteiger partial charge is 0.268 e. The first-order valence-electron chi connectivity index (χ1n) is 3.73. The van der Waals surface area contributed by atoms with Gasteiger partial charge in [-0.05, 0) is 19.9 Å². The summed E-state index contributed by atoms with van der Waals surface area (Å²) in [5.74, 6) is 0.350. The van der Waals surface area contributed by atoms with Gasteiger partial charge in [0, 0.05) is 6.54 Å². The summed E-state index contributed by atoms with van der Waals surface area (Å²) in [5.41, 5.74) is 0. The molecule has 0 aromatic rings. The Hall–Kier alpha value is -0.840. The number of amidine groups is 1. The van der Waals surface area contributed by atoms with Crippen LogP contribution in [0.2, 0.25) is 0 Å². The summed E-state index contributed by atoms with van der Waals surface area (Å²) >= 11 is 0. The lowest BCUT2D eigenvalue weighted by atomic mass is 10.6. The normalized spacial score (nSPS) is 12.7. The lowest BCUT2D eigenvalue weighted by molar-refractivity contribution is 0.594. The van der Waals surface area contributed by atoms with Crippen LogP contribution in [0.1, 0.15) is 13.8 Å². The molecule has 5 heteroatoms. The molecule has 0 aromatic heterocycles. The van der Waals surface area contributed by atoms with Crippen LogP contribution >= 0.6 is 0 Å². The lowest BCUT2D eigenvalue weighted by Gasteiger charge is -2.04. The number of nitrogens with one attached hydrogen (secondary N) is 1. The Balaban J connectivity index is 4.42. The molecule has 0 atom stereocenters. The molecular formula is C7H14N2O2S. The van der Waals surface area contributed by atoms with Crippen molar-refractivity contribution in [2.45, 2.75) is 13.8 Å². The molecule has 0 saturated carbocycles. The molecule has 0 aliphatic carbocycles. The van der Waals surface area contributed by atoms with Crippen LogP contribution in [0.25, 0.3) is 0 Å². The summed E-state index contributed by atoms with van der Waals surface area (Å²) in [7, 11) is -3.21. The molecule has 0 aliphatic rings. The van der Waals surface area contributed by atoms with Crippen LogP contribution in [0.15, 0.2) is 17.6 Å². The van der Waals surface area contributed by atoms with Crippen LogP contribution in [0.4, 0.5) is 0 Å². The van der Waals surface area contributed by atoms with Crippen LogP contribution in [-0.2, 0) is 10.0 Å². The quantitative estimate of drug-likeness (QED) is 0.519. The molecule has 0 bridgehead atoms. The van der Waals surface area contributed by atoms with Crippen molar-refractivity contribution in [1.29, 1.82) is 0 Å². The average molecular weight is 190 g/mol. The van der Waals surface area contributed by atoms with Gasteiger partial charge in [-0.2, -0.15) is 0 Å². The van der Waals surface area contributed by atoms with Crippen molar-refractivity contribution in [1.82, 2.24) is 4.72 Å². The fourth-order valence-electron chi connectivity index (χ4n) is 0.540. The summed E-state index contributed by atoms with van der Waals surface area (Å²) in [6.07, 6.45) is 1.39. The van der Waals surface area contributed by atoms with Crippen molar-refractivity contribution in [2.24, 2.45) is 4.99 Å². The summed E-state index contributed by atoms with van der Waals surface area (Å²) < 4.78 is 24.3. The van der Waals surface area contributed by atoms with E-state index < -0.39 is 10.0 Å². The van der Waals surface area contributed by atoms with Gasteiger partial charge < -0.3 is 0 Å². The van der Waals surface area contributed by atoms with E-state index in [-0.39, 0.29) is 5.75 Å². The van der Waals surface area contributed by atoms with Gasteiger partial charge in [-0.1, -0.05) is 6.58 Å². The molecule has 0 saturated heterocycles. The monoisotopic (exact) mass is 190 g/mol. The Morgan fingerprint density at radius 2 is 2.17 bits per heavy atom. The van der Waals surface area contributed by atoms with Crippen molar-refractivity contribution >= 4 is 15.9 Å². The third-order valence-corrected chi connectivity index (χ3v) is 2.44. The average Bonchev–Trinajstić information content (AvgIpc) is 2.03. The maximum atomic E-state index is 11.0. The minimum Gasteiger partial charge on any atom is -0.268 e. The topological polar surface area (TPSA) is 58.5 Å². The zero-order valence-electron chi connectivity index (χ0n) is 7.37. The second-order valence-corrected chi connectivity index (χ2v) is 4.08. The van der Waals surface area contributed by atoms with Gasteiger partial charge in [0.25, 0.3) is 0 Å². The zero-order valence-corrected chi connectivity index (χ0v) is 8.19. The highest BCUT2D eigenvalue weighted by Crippen LogP contribution is 1.85. The maximum absolute atomic E-state index is 11.0. The lowest BCUT2D eigenvalue weighted by Crippen LogP contribution is -2.30. The molecule has 0 spiro atoms. The van der Waals surface area contributed by atoms with E-state index in [1.54, 1.807) is 6.92 Å². The summed E-state index contributed by atoms with van der Waals surface area (Å²) in [6, 6.07) is 0. The standard InChI is InChI=1S/C7H14N2O2S/c1-4-7(8-5-2)9-12(10,11)6-3/h4H,1,5-6H2,2-3H3,(H,8,9). The van der Waals surface area contributed by atoms with Crippen LogP contribution in [-0.4, -0.2) is 26.6 Å². The summed E-state index contributed by atoms with van der Waals surface area (Å²) in [4.78, 5) is 3.88. The van der Waals surface area contributed by atoms with Gasteiger partial charge in [-0.3, -0.25) is 9.71 Å². The van der Waals surface area contributed by atoms with Crippen molar-refractivity contribution in [3.05, 3.63) is 12.7 Å². The first-order chi connectivity index (χ1) is 5.55. The smallest absolute Gasteiger partial charge is 0.233 e. The molecule has 0 amide bonds. The number of hydrogen-bond donors (Lipinski definition) is 1. The molecule has 0 radical (unpaired) electrons. The predicted molar refractivity (Wildman–Crippen MR) is 50.8 cm³/mol. The van der Waals surface area contributed by atoms with Crippen LogP contribution in [0.3, 0.4) is 0 Å². The Bertz CT molecular complexity index is 267. The molecule has 0 rings (SSSR count). The van der Waals surface area contributed by atoms with Crippen molar-refractivity contribution in [3.8, 4) is 0 Å². The van der Waals surface area contributed by atoms with Crippen LogP contribution in [0, 0.1) is 0 Å². The highest BCUT2D eigenvalue weighted by molar-refractivity contribution is 7.90. The fraction of sp³-hybridized carbons (Fsp3) is 0.571. The minimum absolute atomic E-state index is 0.0452.